The third-order valence-electron chi connectivity index (χ3n) is 2.25. The van der Waals surface area contributed by atoms with E-state index in [0.717, 1.165) is 6.20 Å². The second-order valence-electron chi connectivity index (χ2n) is 3.74. The maximum Gasteiger partial charge on any atom is 0.573 e. The number of benzene rings is 1. The summed E-state index contributed by atoms with van der Waals surface area (Å²) < 4.78 is 41.7. The van der Waals surface area contributed by atoms with Crippen molar-refractivity contribution in [1.82, 2.24) is 20.6 Å². The van der Waals surface area contributed by atoms with Gasteiger partial charge in [-0.15, -0.1) is 23.4 Å². The summed E-state index contributed by atoms with van der Waals surface area (Å²) in [5.74, 6) is -0.403. The molecule has 0 bridgehead atoms. The van der Waals surface area contributed by atoms with E-state index in [9.17, 15) is 13.2 Å². The first-order chi connectivity index (χ1) is 10.4. The van der Waals surface area contributed by atoms with Gasteiger partial charge in [0, 0.05) is 9.77 Å². The Hall–Kier alpha value is -2.36. The van der Waals surface area contributed by atoms with Crippen molar-refractivity contribution >= 4 is 33.9 Å². The Bertz CT molecular complexity index is 722. The monoisotopic (exact) mass is 422 g/mol. The highest BCUT2D eigenvalue weighted by molar-refractivity contribution is 14.1. The fourth-order valence-corrected chi connectivity index (χ4v) is 1.86. The molecular weight excluding hydrogens is 416 g/mol. The van der Waals surface area contributed by atoms with Crippen molar-refractivity contribution in [2.45, 2.75) is 6.36 Å². The highest BCUT2D eigenvalue weighted by Crippen LogP contribution is 2.32. The molecule has 1 aromatic carbocycles. The minimum absolute atomic E-state index is 0.00902. The first kappa shape index (κ1) is 16.0. The average Bonchev–Trinajstić information content (AvgIpc) is 2.94. The van der Waals surface area contributed by atoms with Crippen LogP contribution in [0.4, 0.5) is 18.9 Å². The molecule has 1 heterocycles. The van der Waals surface area contributed by atoms with Crippen molar-refractivity contribution in [3.63, 3.8) is 0 Å². The molecule has 0 atom stereocenters. The molecule has 22 heavy (non-hydrogen) atoms. The van der Waals surface area contributed by atoms with Crippen LogP contribution < -0.4 is 10.1 Å². The predicted octanol–water partition coefficient (Wildman–Crippen LogP) is 2.68. The van der Waals surface area contributed by atoms with Crippen LogP contribution in [0, 0.1) is 14.9 Å². The zero-order chi connectivity index (χ0) is 16.2. The molecule has 0 aliphatic heterocycles. The minimum Gasteiger partial charge on any atom is -0.404 e. The van der Waals surface area contributed by atoms with Crippen LogP contribution in [-0.4, -0.2) is 27.0 Å². The summed E-state index contributed by atoms with van der Waals surface area (Å²) in [4.78, 5) is 0. The second kappa shape index (κ2) is 6.60. The Morgan fingerprint density at radius 2 is 2.23 bits per heavy atom. The van der Waals surface area contributed by atoms with Gasteiger partial charge in [0.25, 0.3) is 0 Å². The third kappa shape index (κ3) is 4.32. The lowest BCUT2D eigenvalue weighted by Crippen LogP contribution is -2.18. The van der Waals surface area contributed by atoms with Gasteiger partial charge in [0.05, 0.1) is 5.69 Å². The molecule has 0 spiro atoms. The molecule has 114 valence electrons. The molecular formula is C11H6F3IN6O. The van der Waals surface area contributed by atoms with Crippen LogP contribution in [0.3, 0.4) is 0 Å². The first-order valence-corrected chi connectivity index (χ1v) is 6.63. The zero-order valence-electron chi connectivity index (χ0n) is 10.5. The van der Waals surface area contributed by atoms with Crippen molar-refractivity contribution in [3.05, 3.63) is 33.8 Å². The zero-order valence-corrected chi connectivity index (χ0v) is 12.7. The van der Waals surface area contributed by atoms with Gasteiger partial charge in [-0.3, -0.25) is 0 Å². The van der Waals surface area contributed by atoms with Gasteiger partial charge in [-0.05, 0) is 46.0 Å². The molecule has 0 amide bonds. The number of tetrazole rings is 1. The summed E-state index contributed by atoms with van der Waals surface area (Å²) in [5, 5.41) is 24.2. The van der Waals surface area contributed by atoms with Gasteiger partial charge in [0.2, 0.25) is 5.82 Å². The van der Waals surface area contributed by atoms with E-state index in [4.69, 9.17) is 5.26 Å². The molecule has 2 rings (SSSR count). The largest absolute Gasteiger partial charge is 0.573 e. The summed E-state index contributed by atoms with van der Waals surface area (Å²) in [6.45, 7) is 0. The SMILES string of the molecule is N#CC(=CNc1ccc(I)cc1OC(F)(F)F)c1nn[nH]n1. The molecule has 11 heteroatoms. The van der Waals surface area contributed by atoms with E-state index in [-0.39, 0.29) is 17.1 Å². The fourth-order valence-electron chi connectivity index (χ4n) is 1.40. The van der Waals surface area contributed by atoms with Crippen molar-refractivity contribution in [1.29, 1.82) is 5.26 Å². The lowest BCUT2D eigenvalue weighted by Gasteiger charge is -2.13. The topological polar surface area (TPSA) is 99.5 Å². The lowest BCUT2D eigenvalue weighted by molar-refractivity contribution is -0.274. The number of nitrogens with zero attached hydrogens (tertiary/aromatic N) is 4. The number of hydrogen-bond acceptors (Lipinski definition) is 6. The molecule has 2 N–H and O–H groups in total. The fraction of sp³-hybridized carbons (Fsp3) is 0.0909. The number of halogens is 4. The highest BCUT2D eigenvalue weighted by Gasteiger charge is 2.32. The molecule has 0 unspecified atom stereocenters. The van der Waals surface area contributed by atoms with E-state index in [2.05, 4.69) is 30.7 Å². The molecule has 0 saturated heterocycles. The van der Waals surface area contributed by atoms with Crippen LogP contribution in [0.5, 0.6) is 5.75 Å². The van der Waals surface area contributed by atoms with Crippen LogP contribution in [-0.2, 0) is 0 Å². The van der Waals surface area contributed by atoms with Crippen LogP contribution in [0.1, 0.15) is 5.82 Å². The van der Waals surface area contributed by atoms with Crippen LogP contribution in [0.15, 0.2) is 24.4 Å². The molecule has 2 aromatic rings. The number of alkyl halides is 3. The summed E-state index contributed by atoms with van der Waals surface area (Å²) in [5.41, 5.74) is 0.0271. The maximum atomic E-state index is 12.4. The Labute approximate surface area is 135 Å². The molecule has 1 aromatic heterocycles. The van der Waals surface area contributed by atoms with E-state index in [1.54, 1.807) is 12.1 Å². The summed E-state index contributed by atoms with van der Waals surface area (Å²) in [7, 11) is 0. The molecule has 0 radical (unpaired) electrons. The predicted molar refractivity (Wildman–Crippen MR) is 77.2 cm³/mol. The van der Waals surface area contributed by atoms with E-state index < -0.39 is 12.1 Å². The summed E-state index contributed by atoms with van der Waals surface area (Å²) in [6.07, 6.45) is -3.66. The van der Waals surface area contributed by atoms with E-state index in [1.807, 2.05) is 22.6 Å². The second-order valence-corrected chi connectivity index (χ2v) is 4.98. The van der Waals surface area contributed by atoms with E-state index >= 15 is 0 Å². The molecule has 0 aliphatic rings. The Balaban J connectivity index is 2.28. The molecule has 0 saturated carbocycles. The number of anilines is 1. The smallest absolute Gasteiger partial charge is 0.404 e. The van der Waals surface area contributed by atoms with Crippen molar-refractivity contribution in [3.8, 4) is 11.8 Å². The number of ether oxygens (including phenoxy) is 1. The van der Waals surface area contributed by atoms with Crippen LogP contribution in [0.25, 0.3) is 5.57 Å². The maximum absolute atomic E-state index is 12.4. The summed E-state index contributed by atoms with van der Waals surface area (Å²) >= 11 is 1.86. The number of nitriles is 1. The number of aromatic amines is 1. The first-order valence-electron chi connectivity index (χ1n) is 5.55. The number of allylic oxidation sites excluding steroid dienone is 1. The lowest BCUT2D eigenvalue weighted by atomic mass is 10.2. The Morgan fingerprint density at radius 1 is 1.45 bits per heavy atom. The van der Waals surface area contributed by atoms with Gasteiger partial charge in [-0.1, -0.05) is 0 Å². The molecule has 7 nitrogen and oxygen atoms in total. The standard InChI is InChI=1S/C11H6F3IN6O/c12-11(13,14)22-9-3-7(15)1-2-8(9)17-5-6(4-16)10-18-20-21-19-10/h1-3,5,17H,(H,18,19,20,21). The average molecular weight is 422 g/mol. The third-order valence-corrected chi connectivity index (χ3v) is 2.92. The van der Waals surface area contributed by atoms with Crippen molar-refractivity contribution in [2.24, 2.45) is 0 Å². The van der Waals surface area contributed by atoms with Gasteiger partial charge >= 0.3 is 6.36 Å². The van der Waals surface area contributed by atoms with E-state index in [1.165, 1.54) is 12.1 Å². The molecule has 0 fully saturated rings. The Morgan fingerprint density at radius 3 is 2.82 bits per heavy atom. The van der Waals surface area contributed by atoms with Gasteiger partial charge in [-0.2, -0.15) is 10.5 Å². The number of nitrogens with one attached hydrogen (secondary N) is 2. The minimum atomic E-state index is -4.82. The van der Waals surface area contributed by atoms with Gasteiger partial charge in [0.15, 0.2) is 5.75 Å². The van der Waals surface area contributed by atoms with Crippen LogP contribution >= 0.6 is 22.6 Å². The number of rotatable bonds is 4. The van der Waals surface area contributed by atoms with Crippen LogP contribution in [0.2, 0.25) is 0 Å². The van der Waals surface area contributed by atoms with Gasteiger partial charge in [0.1, 0.15) is 11.6 Å². The highest BCUT2D eigenvalue weighted by atomic mass is 127. The van der Waals surface area contributed by atoms with Crippen molar-refractivity contribution < 1.29 is 17.9 Å². The van der Waals surface area contributed by atoms with Gasteiger partial charge in [-0.25, -0.2) is 0 Å². The van der Waals surface area contributed by atoms with E-state index in [0.29, 0.717) is 3.57 Å². The Kier molecular flexibility index (Phi) is 4.81. The van der Waals surface area contributed by atoms with Gasteiger partial charge < -0.3 is 10.1 Å². The normalized spacial score (nSPS) is 11.9. The summed E-state index contributed by atoms with van der Waals surface area (Å²) in [6, 6.07) is 5.99. The number of aromatic nitrogens is 4. The number of hydrogen-bond donors (Lipinski definition) is 2. The molecule has 0 aliphatic carbocycles. The number of H-pyrrole nitrogens is 1. The quantitative estimate of drug-likeness (QED) is 0.581. The van der Waals surface area contributed by atoms with Crippen molar-refractivity contribution in [2.75, 3.05) is 5.32 Å².